The lowest BCUT2D eigenvalue weighted by Crippen LogP contribution is -2.11. The maximum atomic E-state index is 12.8. The van der Waals surface area contributed by atoms with Gasteiger partial charge >= 0.3 is 0 Å². The number of hydrogen-bond donors (Lipinski definition) is 1. The molecule has 2 aromatic carbocycles. The van der Waals surface area contributed by atoms with Gasteiger partial charge in [0.25, 0.3) is 5.56 Å². The predicted octanol–water partition coefficient (Wildman–Crippen LogP) is 5.73. The quantitative estimate of drug-likeness (QED) is 0.241. The molecule has 0 radical (unpaired) electrons. The van der Waals surface area contributed by atoms with Gasteiger partial charge in [0.2, 0.25) is 0 Å². The molecule has 0 saturated heterocycles. The molecule has 0 fully saturated rings. The second-order valence-electron chi connectivity index (χ2n) is 8.50. The molecular weight excluding hydrogens is 460 g/mol. The number of allylic oxidation sites excluding steroid dienone is 1. The topological polar surface area (TPSA) is 73.4 Å². The summed E-state index contributed by atoms with van der Waals surface area (Å²) in [5.41, 5.74) is 3.13. The fourth-order valence-electron chi connectivity index (χ4n) is 4.45. The molecule has 6 nitrogen and oxygen atoms in total. The minimum atomic E-state index is -0.0465. The molecule has 0 aliphatic heterocycles. The van der Waals surface area contributed by atoms with Crippen LogP contribution in [0.15, 0.2) is 59.9 Å². The number of hydrogen-bond acceptors (Lipinski definition) is 6. The van der Waals surface area contributed by atoms with Crippen LogP contribution >= 0.6 is 11.3 Å². The zero-order valence-electron chi connectivity index (χ0n) is 19.8. The zero-order valence-corrected chi connectivity index (χ0v) is 20.6. The number of aromatic nitrogens is 2. The van der Waals surface area contributed by atoms with E-state index in [1.807, 2.05) is 48.5 Å². The first kappa shape index (κ1) is 23.2. The molecule has 180 valence electrons. The lowest BCUT2D eigenvalue weighted by atomic mass is 9.97. The minimum Gasteiger partial charge on any atom is -0.493 e. The molecule has 2 heterocycles. The Kier molecular flexibility index (Phi) is 6.86. The van der Waals surface area contributed by atoms with Crippen molar-refractivity contribution in [3.63, 3.8) is 0 Å². The van der Waals surface area contributed by atoms with E-state index >= 15 is 0 Å². The molecule has 0 amide bonds. The molecule has 0 unspecified atom stereocenters. The lowest BCUT2D eigenvalue weighted by Gasteiger charge is -2.12. The van der Waals surface area contributed by atoms with E-state index in [1.165, 1.54) is 16.9 Å². The summed E-state index contributed by atoms with van der Waals surface area (Å²) in [6.45, 7) is 4.54. The Morgan fingerprint density at radius 2 is 1.86 bits per heavy atom. The van der Waals surface area contributed by atoms with Crippen LogP contribution in [-0.2, 0) is 19.3 Å². The van der Waals surface area contributed by atoms with Gasteiger partial charge in [0.15, 0.2) is 11.5 Å². The molecule has 1 aliphatic carbocycles. The van der Waals surface area contributed by atoms with E-state index in [9.17, 15) is 4.79 Å². The van der Waals surface area contributed by atoms with Crippen LogP contribution in [0, 0.1) is 0 Å². The summed E-state index contributed by atoms with van der Waals surface area (Å²) < 4.78 is 17.1. The average Bonchev–Trinajstić information content (AvgIpc) is 3.27. The standard InChI is InChI=1S/C28H28N2O4S/c1-3-6-18-9-14-22(23(17-18)32-2)34-16-15-33-20-12-10-19(11-13-20)26-29-27(31)25-21-7-4-5-8-24(21)35-28(25)30-26/h3,9-14,17H,1,4-8,15-16H2,2H3,(H,29,30,31). The number of thiophene rings is 1. The number of aromatic amines is 1. The fourth-order valence-corrected chi connectivity index (χ4v) is 5.71. The number of benzene rings is 2. The second-order valence-corrected chi connectivity index (χ2v) is 9.59. The number of nitrogens with zero attached hydrogens (tertiary/aromatic N) is 1. The van der Waals surface area contributed by atoms with Crippen molar-refractivity contribution in [2.45, 2.75) is 32.1 Å². The highest BCUT2D eigenvalue weighted by molar-refractivity contribution is 7.18. The van der Waals surface area contributed by atoms with E-state index < -0.39 is 0 Å². The van der Waals surface area contributed by atoms with E-state index in [1.54, 1.807) is 18.4 Å². The Balaban J connectivity index is 1.22. The molecule has 2 aromatic heterocycles. The van der Waals surface area contributed by atoms with Gasteiger partial charge in [-0.05, 0) is 79.6 Å². The van der Waals surface area contributed by atoms with Crippen LogP contribution in [0.1, 0.15) is 28.8 Å². The maximum absolute atomic E-state index is 12.8. The molecule has 1 N–H and O–H groups in total. The largest absolute Gasteiger partial charge is 0.493 e. The SMILES string of the molecule is C=CCc1ccc(OCCOc2ccc(-c3nc4sc5c(c4c(=O)[nH]3)CCCC5)cc2)c(OC)c1. The monoisotopic (exact) mass is 488 g/mol. The van der Waals surface area contributed by atoms with Crippen LogP contribution in [-0.4, -0.2) is 30.3 Å². The number of H-pyrrole nitrogens is 1. The van der Waals surface area contributed by atoms with Gasteiger partial charge in [-0.2, -0.15) is 0 Å². The summed E-state index contributed by atoms with van der Waals surface area (Å²) in [4.78, 5) is 22.7. The highest BCUT2D eigenvalue weighted by atomic mass is 32.1. The Hall–Kier alpha value is -3.58. The lowest BCUT2D eigenvalue weighted by molar-refractivity contribution is 0.211. The van der Waals surface area contributed by atoms with Crippen LogP contribution in [0.4, 0.5) is 0 Å². The Morgan fingerprint density at radius 3 is 2.66 bits per heavy atom. The van der Waals surface area contributed by atoms with Gasteiger partial charge in [-0.3, -0.25) is 4.79 Å². The van der Waals surface area contributed by atoms with E-state index in [2.05, 4.69) is 11.6 Å². The molecule has 4 aromatic rings. The second kappa shape index (κ2) is 10.4. The van der Waals surface area contributed by atoms with Crippen molar-refractivity contribution in [2.24, 2.45) is 0 Å². The first-order valence-electron chi connectivity index (χ1n) is 11.8. The van der Waals surface area contributed by atoms with Crippen LogP contribution in [0.2, 0.25) is 0 Å². The van der Waals surface area contributed by atoms with Crippen molar-refractivity contribution in [1.82, 2.24) is 9.97 Å². The maximum Gasteiger partial charge on any atom is 0.260 e. The van der Waals surface area contributed by atoms with Crippen molar-refractivity contribution in [2.75, 3.05) is 20.3 Å². The molecule has 7 heteroatoms. The van der Waals surface area contributed by atoms with Crippen molar-refractivity contribution in [1.29, 1.82) is 0 Å². The molecule has 0 atom stereocenters. The van der Waals surface area contributed by atoms with Crippen molar-refractivity contribution in [3.05, 3.63) is 81.5 Å². The highest BCUT2D eigenvalue weighted by Gasteiger charge is 2.20. The predicted molar refractivity (Wildman–Crippen MR) is 140 cm³/mol. The third kappa shape index (κ3) is 4.95. The first-order chi connectivity index (χ1) is 17.2. The fraction of sp³-hybridized carbons (Fsp3) is 0.286. The van der Waals surface area contributed by atoms with E-state index in [4.69, 9.17) is 19.2 Å². The first-order valence-corrected chi connectivity index (χ1v) is 12.7. The highest BCUT2D eigenvalue weighted by Crippen LogP contribution is 2.34. The molecule has 0 saturated carbocycles. The van der Waals surface area contributed by atoms with Gasteiger partial charge in [-0.15, -0.1) is 17.9 Å². The van der Waals surface area contributed by atoms with Crippen molar-refractivity contribution < 1.29 is 14.2 Å². The number of ether oxygens (including phenoxy) is 3. The summed E-state index contributed by atoms with van der Waals surface area (Å²) >= 11 is 1.66. The van der Waals surface area contributed by atoms with Crippen LogP contribution < -0.4 is 19.8 Å². The number of aryl methyl sites for hydroxylation is 2. The summed E-state index contributed by atoms with van der Waals surface area (Å²) in [5.74, 6) is 2.68. The molecule has 0 spiro atoms. The normalized spacial score (nSPS) is 12.8. The van der Waals surface area contributed by atoms with Crippen molar-refractivity contribution >= 4 is 21.6 Å². The van der Waals surface area contributed by atoms with Gasteiger partial charge in [-0.1, -0.05) is 12.1 Å². The van der Waals surface area contributed by atoms with E-state index in [0.29, 0.717) is 30.5 Å². The van der Waals surface area contributed by atoms with Gasteiger partial charge in [0, 0.05) is 10.4 Å². The minimum absolute atomic E-state index is 0.0465. The van der Waals surface area contributed by atoms with E-state index in [0.717, 1.165) is 52.8 Å². The number of fused-ring (bicyclic) bond motifs is 3. The molecule has 35 heavy (non-hydrogen) atoms. The molecule has 0 bridgehead atoms. The van der Waals surface area contributed by atoms with Crippen molar-refractivity contribution in [3.8, 4) is 28.6 Å². The molecular formula is C28H28N2O4S. The van der Waals surface area contributed by atoms with Gasteiger partial charge < -0.3 is 19.2 Å². The van der Waals surface area contributed by atoms with Gasteiger partial charge in [-0.25, -0.2) is 4.98 Å². The van der Waals surface area contributed by atoms with E-state index in [-0.39, 0.29) is 5.56 Å². The number of nitrogens with one attached hydrogen (secondary N) is 1. The number of rotatable bonds is 9. The smallest absolute Gasteiger partial charge is 0.260 e. The summed E-state index contributed by atoms with van der Waals surface area (Å²) in [6, 6.07) is 13.4. The Morgan fingerprint density at radius 1 is 1.06 bits per heavy atom. The summed E-state index contributed by atoms with van der Waals surface area (Å²) in [6.07, 6.45) is 6.99. The Labute approximate surface area is 208 Å². The van der Waals surface area contributed by atoms with Gasteiger partial charge in [0.05, 0.1) is 12.5 Å². The third-order valence-corrected chi connectivity index (χ3v) is 7.36. The molecule has 1 aliphatic rings. The molecule has 5 rings (SSSR count). The zero-order chi connectivity index (χ0) is 24.2. The van der Waals surface area contributed by atoms with Crippen LogP contribution in [0.3, 0.4) is 0 Å². The van der Waals surface area contributed by atoms with Crippen LogP contribution in [0.5, 0.6) is 17.2 Å². The number of methoxy groups -OCH3 is 1. The Bertz CT molecular complexity index is 1410. The van der Waals surface area contributed by atoms with Crippen LogP contribution in [0.25, 0.3) is 21.6 Å². The average molecular weight is 489 g/mol. The summed E-state index contributed by atoms with van der Waals surface area (Å²) in [5, 5.41) is 0.778. The summed E-state index contributed by atoms with van der Waals surface area (Å²) in [7, 11) is 1.63. The van der Waals surface area contributed by atoms with Gasteiger partial charge in [0.1, 0.15) is 29.6 Å². The third-order valence-electron chi connectivity index (χ3n) is 6.17.